The van der Waals surface area contributed by atoms with Gasteiger partial charge in [0.25, 0.3) is 0 Å². The minimum Gasteiger partial charge on any atom is -0.366 e. The van der Waals surface area contributed by atoms with E-state index in [1.807, 2.05) is 6.20 Å². The molecule has 5 heteroatoms. The first-order valence-electron chi connectivity index (χ1n) is 5.52. The molecule has 0 aliphatic carbocycles. The second-order valence-corrected chi connectivity index (χ2v) is 5.74. The van der Waals surface area contributed by atoms with E-state index in [0.29, 0.717) is 11.2 Å². The van der Waals surface area contributed by atoms with Crippen molar-refractivity contribution >= 4 is 33.2 Å². The molecule has 2 aliphatic heterocycles. The van der Waals surface area contributed by atoms with Gasteiger partial charge in [-0.3, -0.25) is 0 Å². The minimum atomic E-state index is 0.532. The van der Waals surface area contributed by atoms with Crippen LogP contribution in [0.4, 0.5) is 5.69 Å². The molecule has 2 saturated heterocycles. The van der Waals surface area contributed by atoms with Gasteiger partial charge in [0.1, 0.15) is 5.15 Å². The first-order chi connectivity index (χ1) is 7.74. The number of pyridine rings is 1. The van der Waals surface area contributed by atoms with Crippen LogP contribution < -0.4 is 10.2 Å². The monoisotopic (exact) mass is 301 g/mol. The van der Waals surface area contributed by atoms with Crippen LogP contribution >= 0.6 is 27.5 Å². The molecule has 0 amide bonds. The van der Waals surface area contributed by atoms with Crippen LogP contribution in [0, 0.1) is 5.92 Å². The molecule has 16 heavy (non-hydrogen) atoms. The van der Waals surface area contributed by atoms with Gasteiger partial charge in [-0.2, -0.15) is 0 Å². The molecule has 2 atom stereocenters. The van der Waals surface area contributed by atoms with Crippen LogP contribution in [0.15, 0.2) is 16.7 Å². The molecule has 2 aliphatic rings. The van der Waals surface area contributed by atoms with Crippen LogP contribution in [-0.2, 0) is 0 Å². The van der Waals surface area contributed by atoms with E-state index in [9.17, 15) is 0 Å². The van der Waals surface area contributed by atoms with E-state index in [4.69, 9.17) is 11.6 Å². The van der Waals surface area contributed by atoms with Crippen LogP contribution in [0.5, 0.6) is 0 Å². The summed E-state index contributed by atoms with van der Waals surface area (Å²) in [7, 11) is 0. The lowest BCUT2D eigenvalue weighted by atomic mass is 10.0. The zero-order valence-electron chi connectivity index (χ0n) is 8.79. The van der Waals surface area contributed by atoms with Crippen molar-refractivity contribution in [2.45, 2.75) is 12.5 Å². The van der Waals surface area contributed by atoms with Gasteiger partial charge in [0.2, 0.25) is 0 Å². The summed E-state index contributed by atoms with van der Waals surface area (Å²) in [4.78, 5) is 6.64. The number of hydrogen-bond donors (Lipinski definition) is 1. The van der Waals surface area contributed by atoms with Crippen molar-refractivity contribution in [2.75, 3.05) is 24.5 Å². The van der Waals surface area contributed by atoms with Gasteiger partial charge in [0.15, 0.2) is 0 Å². The first kappa shape index (κ1) is 10.8. The van der Waals surface area contributed by atoms with Crippen molar-refractivity contribution < 1.29 is 0 Å². The largest absolute Gasteiger partial charge is 0.366 e. The zero-order valence-corrected chi connectivity index (χ0v) is 11.1. The second-order valence-electron chi connectivity index (χ2n) is 4.53. The van der Waals surface area contributed by atoms with Gasteiger partial charge in [-0.15, -0.1) is 0 Å². The molecule has 3 rings (SSSR count). The fraction of sp³-hybridized carbons (Fsp3) is 0.545. The van der Waals surface area contributed by atoms with E-state index in [-0.39, 0.29) is 0 Å². The molecular formula is C11H13BrClN3. The molecule has 86 valence electrons. The predicted octanol–water partition coefficient (Wildman–Crippen LogP) is 2.30. The third-order valence-electron chi connectivity index (χ3n) is 3.43. The van der Waals surface area contributed by atoms with Gasteiger partial charge in [-0.05, 0) is 40.9 Å². The summed E-state index contributed by atoms with van der Waals surface area (Å²) in [5.41, 5.74) is 1.17. The molecule has 0 radical (unpaired) electrons. The smallest absolute Gasteiger partial charge is 0.143 e. The van der Waals surface area contributed by atoms with Crippen LogP contribution in [-0.4, -0.2) is 30.7 Å². The Balaban J connectivity index is 1.89. The van der Waals surface area contributed by atoms with Gasteiger partial charge in [0, 0.05) is 19.1 Å². The number of nitrogens with zero attached hydrogens (tertiary/aromatic N) is 2. The summed E-state index contributed by atoms with van der Waals surface area (Å²) < 4.78 is 0.876. The van der Waals surface area contributed by atoms with E-state index in [0.717, 1.165) is 30.0 Å². The maximum atomic E-state index is 5.91. The van der Waals surface area contributed by atoms with Gasteiger partial charge >= 0.3 is 0 Å². The number of fused-ring (bicyclic) bond motifs is 2. The van der Waals surface area contributed by atoms with Crippen molar-refractivity contribution in [3.8, 4) is 0 Å². The molecular weight excluding hydrogens is 289 g/mol. The van der Waals surface area contributed by atoms with Gasteiger partial charge < -0.3 is 10.2 Å². The number of rotatable bonds is 1. The molecule has 1 aromatic rings. The Labute approximate surface area is 108 Å². The lowest BCUT2D eigenvalue weighted by Crippen LogP contribution is -2.39. The predicted molar refractivity (Wildman–Crippen MR) is 69.1 cm³/mol. The van der Waals surface area contributed by atoms with E-state index in [1.165, 1.54) is 12.1 Å². The highest BCUT2D eigenvalue weighted by molar-refractivity contribution is 9.10. The second kappa shape index (κ2) is 4.17. The maximum Gasteiger partial charge on any atom is 0.143 e. The lowest BCUT2D eigenvalue weighted by molar-refractivity contribution is 0.434. The Morgan fingerprint density at radius 2 is 2.38 bits per heavy atom. The maximum absolute atomic E-state index is 5.91. The molecule has 0 unspecified atom stereocenters. The highest BCUT2D eigenvalue weighted by atomic mass is 79.9. The Bertz CT molecular complexity index is 412. The Hall–Kier alpha value is -0.320. The van der Waals surface area contributed by atoms with Crippen molar-refractivity contribution in [1.82, 2.24) is 10.3 Å². The molecule has 0 aromatic carbocycles. The Morgan fingerprint density at radius 3 is 3.12 bits per heavy atom. The number of halogens is 2. The van der Waals surface area contributed by atoms with Crippen molar-refractivity contribution in [3.05, 3.63) is 21.9 Å². The number of anilines is 1. The lowest BCUT2D eigenvalue weighted by Gasteiger charge is -2.26. The SMILES string of the molecule is Clc1ncc(N2C[C@@H]3CNC[C@@H]2C3)cc1Br. The fourth-order valence-electron chi connectivity index (χ4n) is 2.69. The molecule has 2 bridgehead atoms. The van der Waals surface area contributed by atoms with Crippen molar-refractivity contribution in [3.63, 3.8) is 0 Å². The molecule has 0 saturated carbocycles. The minimum absolute atomic E-state index is 0.532. The molecule has 2 fully saturated rings. The summed E-state index contributed by atoms with van der Waals surface area (Å²) in [6.07, 6.45) is 3.17. The van der Waals surface area contributed by atoms with E-state index < -0.39 is 0 Å². The molecule has 3 nitrogen and oxygen atoms in total. The standard InChI is InChI=1S/C11H13BrClN3/c12-10-2-9(5-15-11(10)13)16-6-7-1-8(16)4-14-3-7/h2,5,7-8,14H,1,3-4,6H2/t7-,8-/m0/s1. The molecule has 3 heterocycles. The third kappa shape index (κ3) is 1.83. The average Bonchev–Trinajstić information content (AvgIpc) is 2.58. The molecule has 0 spiro atoms. The highest BCUT2D eigenvalue weighted by Gasteiger charge is 2.35. The molecule has 1 N–H and O–H groups in total. The van der Waals surface area contributed by atoms with Gasteiger partial charge in [-0.25, -0.2) is 4.98 Å². The Kier molecular flexibility index (Phi) is 2.81. The number of hydrogen-bond acceptors (Lipinski definition) is 3. The number of aromatic nitrogens is 1. The average molecular weight is 303 g/mol. The summed E-state index contributed by atoms with van der Waals surface area (Å²) in [6.45, 7) is 3.36. The summed E-state index contributed by atoms with van der Waals surface area (Å²) in [5.74, 6) is 0.785. The summed E-state index contributed by atoms with van der Waals surface area (Å²) >= 11 is 9.34. The van der Waals surface area contributed by atoms with Crippen LogP contribution in [0.25, 0.3) is 0 Å². The van der Waals surface area contributed by atoms with Crippen LogP contribution in [0.3, 0.4) is 0 Å². The quantitative estimate of drug-likeness (QED) is 0.807. The fourth-order valence-corrected chi connectivity index (χ4v) is 3.13. The van der Waals surface area contributed by atoms with E-state index >= 15 is 0 Å². The summed E-state index contributed by atoms with van der Waals surface area (Å²) in [5, 5.41) is 4.00. The highest BCUT2D eigenvalue weighted by Crippen LogP contribution is 2.33. The number of nitrogens with one attached hydrogen (secondary N) is 1. The Morgan fingerprint density at radius 1 is 1.50 bits per heavy atom. The zero-order chi connectivity index (χ0) is 11.1. The topological polar surface area (TPSA) is 28.2 Å². The normalized spacial score (nSPS) is 28.5. The molecule has 1 aromatic heterocycles. The van der Waals surface area contributed by atoms with Crippen LogP contribution in [0.2, 0.25) is 5.15 Å². The van der Waals surface area contributed by atoms with E-state index in [2.05, 4.69) is 37.2 Å². The van der Waals surface area contributed by atoms with E-state index in [1.54, 1.807) is 0 Å². The van der Waals surface area contributed by atoms with Crippen molar-refractivity contribution in [2.24, 2.45) is 5.92 Å². The third-order valence-corrected chi connectivity index (χ3v) is 4.56. The number of piperidine rings is 1. The van der Waals surface area contributed by atoms with Gasteiger partial charge in [-0.1, -0.05) is 11.6 Å². The van der Waals surface area contributed by atoms with Crippen molar-refractivity contribution in [1.29, 1.82) is 0 Å². The van der Waals surface area contributed by atoms with Crippen LogP contribution in [0.1, 0.15) is 6.42 Å². The summed E-state index contributed by atoms with van der Waals surface area (Å²) in [6, 6.07) is 2.68. The van der Waals surface area contributed by atoms with Gasteiger partial charge in [0.05, 0.1) is 16.4 Å². The first-order valence-corrected chi connectivity index (χ1v) is 6.69.